The van der Waals surface area contributed by atoms with Crippen LogP contribution in [0.1, 0.15) is 30.1 Å². The van der Waals surface area contributed by atoms with Crippen LogP contribution < -0.4 is 10.3 Å². The summed E-state index contributed by atoms with van der Waals surface area (Å²) in [6.07, 6.45) is 0. The molecule has 0 aliphatic carbocycles. The van der Waals surface area contributed by atoms with Crippen molar-refractivity contribution in [3.63, 3.8) is 0 Å². The summed E-state index contributed by atoms with van der Waals surface area (Å²) in [6.45, 7) is 11.7. The number of aryl methyl sites for hydroxylation is 2. The molecule has 2 heterocycles. The van der Waals surface area contributed by atoms with Crippen molar-refractivity contribution in [3.8, 4) is 5.75 Å². The predicted octanol–water partition coefficient (Wildman–Crippen LogP) is 5.15. The molecule has 4 rings (SSSR count). The highest BCUT2D eigenvalue weighted by Gasteiger charge is 2.18. The van der Waals surface area contributed by atoms with E-state index in [9.17, 15) is 4.79 Å². The van der Waals surface area contributed by atoms with Gasteiger partial charge in [0.15, 0.2) is 0 Å². The molecule has 0 spiro atoms. The van der Waals surface area contributed by atoms with Gasteiger partial charge in [-0.25, -0.2) is 4.98 Å². The summed E-state index contributed by atoms with van der Waals surface area (Å²) < 4.78 is 7.95. The molecule has 0 radical (unpaired) electrons. The summed E-state index contributed by atoms with van der Waals surface area (Å²) in [5.41, 5.74) is 1.08. The quantitative estimate of drug-likeness (QED) is 0.384. The molecule has 0 unspecified atom stereocenters. The van der Waals surface area contributed by atoms with Gasteiger partial charge in [0, 0.05) is 10.3 Å². The molecule has 31 heavy (non-hydrogen) atoms. The van der Waals surface area contributed by atoms with E-state index in [0.717, 1.165) is 56.1 Å². The van der Waals surface area contributed by atoms with Crippen LogP contribution in [-0.4, -0.2) is 34.1 Å². The van der Waals surface area contributed by atoms with E-state index >= 15 is 0 Å². The van der Waals surface area contributed by atoms with Crippen LogP contribution in [0.5, 0.6) is 5.75 Å². The summed E-state index contributed by atoms with van der Waals surface area (Å²) in [4.78, 5) is 22.6. The second-order valence-electron chi connectivity index (χ2n) is 7.74. The van der Waals surface area contributed by atoms with Gasteiger partial charge in [0.05, 0.1) is 18.5 Å². The normalized spacial score (nSPS) is 11.6. The van der Waals surface area contributed by atoms with E-state index in [0.29, 0.717) is 19.7 Å². The first kappa shape index (κ1) is 21.5. The average Bonchev–Trinajstić information content (AvgIpc) is 3.07. The maximum Gasteiger partial charge on any atom is 0.262 e. The molecule has 0 aliphatic heterocycles. The second-order valence-corrected chi connectivity index (χ2v) is 8.94. The Balaban J connectivity index is 1.67. The molecular weight excluding hydrogens is 406 g/mol. The first-order chi connectivity index (χ1) is 15.0. The van der Waals surface area contributed by atoms with Crippen molar-refractivity contribution in [1.29, 1.82) is 0 Å². The van der Waals surface area contributed by atoms with E-state index in [-0.39, 0.29) is 5.56 Å². The molecule has 4 aromatic rings. The van der Waals surface area contributed by atoms with E-state index in [1.165, 1.54) is 0 Å². The summed E-state index contributed by atoms with van der Waals surface area (Å²) in [7, 11) is 0. The van der Waals surface area contributed by atoms with E-state index in [1.807, 2.05) is 35.8 Å². The minimum absolute atomic E-state index is 0.0375. The molecule has 0 bridgehead atoms. The van der Waals surface area contributed by atoms with Gasteiger partial charge < -0.3 is 4.74 Å². The number of hydrogen-bond acceptors (Lipinski definition) is 5. The smallest absolute Gasteiger partial charge is 0.262 e. The third kappa shape index (κ3) is 4.23. The van der Waals surface area contributed by atoms with Gasteiger partial charge in [0.2, 0.25) is 0 Å². The van der Waals surface area contributed by atoms with E-state index in [4.69, 9.17) is 9.72 Å². The van der Waals surface area contributed by atoms with Crippen molar-refractivity contribution in [2.75, 3.05) is 19.7 Å². The molecule has 0 saturated heterocycles. The molecule has 0 fully saturated rings. The number of thiophene rings is 1. The van der Waals surface area contributed by atoms with Crippen LogP contribution in [0.2, 0.25) is 0 Å². The van der Waals surface area contributed by atoms with Crippen LogP contribution in [0.3, 0.4) is 0 Å². The first-order valence-corrected chi connectivity index (χ1v) is 11.7. The Labute approximate surface area is 186 Å². The molecule has 2 aromatic carbocycles. The Morgan fingerprint density at radius 1 is 1.06 bits per heavy atom. The van der Waals surface area contributed by atoms with Crippen LogP contribution >= 0.6 is 11.3 Å². The summed E-state index contributed by atoms with van der Waals surface area (Å²) in [5, 5.41) is 2.97. The zero-order chi connectivity index (χ0) is 22.0. The van der Waals surface area contributed by atoms with Gasteiger partial charge in [0.1, 0.15) is 23.0 Å². The third-order valence-corrected chi connectivity index (χ3v) is 7.05. The highest BCUT2D eigenvalue weighted by molar-refractivity contribution is 7.18. The van der Waals surface area contributed by atoms with Crippen molar-refractivity contribution in [2.45, 2.75) is 40.8 Å². The molecule has 6 heteroatoms. The monoisotopic (exact) mass is 435 g/mol. The zero-order valence-corrected chi connectivity index (χ0v) is 19.5. The SMILES string of the molecule is CCN(CC)Cc1nc2sc(C)c(C)c2c(=O)n1CCOc1cccc2ccccc12. The topological polar surface area (TPSA) is 47.4 Å². The lowest BCUT2D eigenvalue weighted by atomic mass is 10.1. The number of rotatable bonds is 8. The van der Waals surface area contributed by atoms with Crippen molar-refractivity contribution in [1.82, 2.24) is 14.5 Å². The maximum absolute atomic E-state index is 13.5. The minimum Gasteiger partial charge on any atom is -0.491 e. The Hall–Kier alpha value is -2.70. The number of ether oxygens (including phenoxy) is 1. The number of hydrogen-bond donors (Lipinski definition) is 0. The molecule has 0 aliphatic rings. The van der Waals surface area contributed by atoms with Gasteiger partial charge in [-0.3, -0.25) is 14.3 Å². The second kappa shape index (κ2) is 9.20. The van der Waals surface area contributed by atoms with Gasteiger partial charge in [0.25, 0.3) is 5.56 Å². The van der Waals surface area contributed by atoms with Gasteiger partial charge in [-0.15, -0.1) is 11.3 Å². The lowest BCUT2D eigenvalue weighted by Crippen LogP contribution is -2.32. The molecule has 0 N–H and O–H groups in total. The molecular formula is C25H29N3O2S. The zero-order valence-electron chi connectivity index (χ0n) is 18.6. The van der Waals surface area contributed by atoms with Crippen LogP contribution in [0.15, 0.2) is 47.3 Å². The van der Waals surface area contributed by atoms with Crippen LogP contribution in [0.4, 0.5) is 0 Å². The van der Waals surface area contributed by atoms with Crippen molar-refractivity contribution < 1.29 is 4.74 Å². The van der Waals surface area contributed by atoms with Crippen LogP contribution in [0.25, 0.3) is 21.0 Å². The first-order valence-electron chi connectivity index (χ1n) is 10.9. The largest absolute Gasteiger partial charge is 0.491 e. The highest BCUT2D eigenvalue weighted by atomic mass is 32.1. The lowest BCUT2D eigenvalue weighted by Gasteiger charge is -2.20. The minimum atomic E-state index is 0.0375. The van der Waals surface area contributed by atoms with E-state index in [1.54, 1.807) is 11.3 Å². The Morgan fingerprint density at radius 3 is 2.58 bits per heavy atom. The molecule has 0 atom stereocenters. The standard InChI is InChI=1S/C25H29N3O2S/c1-5-27(6-2)16-22-26-24-23(17(3)18(4)31-24)25(29)28(22)14-15-30-21-13-9-11-19-10-7-8-12-20(19)21/h7-13H,5-6,14-16H2,1-4H3. The molecule has 0 saturated carbocycles. The summed E-state index contributed by atoms with van der Waals surface area (Å²) in [6, 6.07) is 14.2. The lowest BCUT2D eigenvalue weighted by molar-refractivity contribution is 0.267. The predicted molar refractivity (Wildman–Crippen MR) is 129 cm³/mol. The summed E-state index contributed by atoms with van der Waals surface area (Å²) in [5.74, 6) is 1.65. The summed E-state index contributed by atoms with van der Waals surface area (Å²) >= 11 is 1.61. The molecule has 5 nitrogen and oxygen atoms in total. The van der Waals surface area contributed by atoms with Crippen molar-refractivity contribution >= 4 is 32.3 Å². The fourth-order valence-corrected chi connectivity index (χ4v) is 4.97. The number of nitrogens with zero attached hydrogens (tertiary/aromatic N) is 3. The Morgan fingerprint density at radius 2 is 1.81 bits per heavy atom. The third-order valence-electron chi connectivity index (χ3n) is 5.95. The Bertz CT molecular complexity index is 1270. The molecule has 0 amide bonds. The van der Waals surface area contributed by atoms with E-state index in [2.05, 4.69) is 43.9 Å². The highest BCUT2D eigenvalue weighted by Crippen LogP contribution is 2.27. The van der Waals surface area contributed by atoms with Crippen LogP contribution in [-0.2, 0) is 13.1 Å². The number of fused-ring (bicyclic) bond motifs is 2. The number of aromatic nitrogens is 2. The van der Waals surface area contributed by atoms with Gasteiger partial charge in [-0.1, -0.05) is 50.2 Å². The molecule has 2 aromatic heterocycles. The van der Waals surface area contributed by atoms with Gasteiger partial charge >= 0.3 is 0 Å². The van der Waals surface area contributed by atoms with Crippen molar-refractivity contribution in [3.05, 3.63) is 69.1 Å². The number of benzene rings is 2. The van der Waals surface area contributed by atoms with E-state index < -0.39 is 0 Å². The molecule has 162 valence electrons. The van der Waals surface area contributed by atoms with Gasteiger partial charge in [-0.05, 0) is 44.0 Å². The maximum atomic E-state index is 13.5. The average molecular weight is 436 g/mol. The van der Waals surface area contributed by atoms with Crippen molar-refractivity contribution in [2.24, 2.45) is 0 Å². The van der Waals surface area contributed by atoms with Crippen LogP contribution in [0, 0.1) is 13.8 Å². The van der Waals surface area contributed by atoms with Gasteiger partial charge in [-0.2, -0.15) is 0 Å². The fraction of sp³-hybridized carbons (Fsp3) is 0.360. The fourth-order valence-electron chi connectivity index (χ4n) is 3.94. The Kier molecular flexibility index (Phi) is 6.39.